The first-order valence-corrected chi connectivity index (χ1v) is 20.1. The van der Waals surface area contributed by atoms with Crippen molar-refractivity contribution < 1.29 is 50.0 Å². The number of ether oxygens (including phenoxy) is 2. The first-order chi connectivity index (χ1) is 24.2. The lowest BCUT2D eigenvalue weighted by atomic mass is 9.98. The van der Waals surface area contributed by atoms with Crippen LogP contribution >= 0.6 is 0 Å². The molecule has 0 radical (unpaired) electrons. The summed E-state index contributed by atoms with van der Waals surface area (Å²) in [4.78, 5) is 13.0. The van der Waals surface area contributed by atoms with E-state index in [2.05, 4.69) is 31.3 Å². The second kappa shape index (κ2) is 30.3. The van der Waals surface area contributed by atoms with Crippen LogP contribution in [0.3, 0.4) is 0 Å². The smallest absolute Gasteiger partial charge is 0.249 e. The van der Waals surface area contributed by atoms with E-state index in [1.165, 1.54) is 83.5 Å². The van der Waals surface area contributed by atoms with Crippen molar-refractivity contribution >= 4 is 5.91 Å². The highest BCUT2D eigenvalue weighted by Gasteiger charge is 2.44. The Bertz CT molecular complexity index is 831. The molecule has 0 aromatic carbocycles. The predicted octanol–water partition coefficient (Wildman–Crippen LogP) is 4.94. The molecule has 1 amide bonds. The highest BCUT2D eigenvalue weighted by molar-refractivity contribution is 5.80. The molecule has 50 heavy (non-hydrogen) atoms. The van der Waals surface area contributed by atoms with E-state index in [0.29, 0.717) is 19.3 Å². The van der Waals surface area contributed by atoms with Crippen LogP contribution in [0.15, 0.2) is 12.2 Å². The van der Waals surface area contributed by atoms with E-state index in [1.54, 1.807) is 0 Å². The Hall–Kier alpha value is -1.15. The van der Waals surface area contributed by atoms with Crippen LogP contribution < -0.4 is 5.32 Å². The van der Waals surface area contributed by atoms with Crippen LogP contribution in [0.4, 0.5) is 0 Å². The minimum atomic E-state index is -1.66. The fourth-order valence-corrected chi connectivity index (χ4v) is 6.37. The summed E-state index contributed by atoms with van der Waals surface area (Å²) in [6.07, 6.45) is 17.0. The zero-order valence-electron chi connectivity index (χ0n) is 31.4. The van der Waals surface area contributed by atoms with Crippen LogP contribution in [0, 0.1) is 0 Å². The number of allylic oxidation sites excluding steroid dienone is 2. The molecule has 1 rings (SSSR count). The molecule has 8 N–H and O–H groups in total. The minimum Gasteiger partial charge on any atom is -0.394 e. The summed E-state index contributed by atoms with van der Waals surface area (Å²) < 4.78 is 11.0. The molecule has 0 aromatic heterocycles. The number of carbonyl (C=O) groups is 1. The van der Waals surface area contributed by atoms with Gasteiger partial charge in [-0.1, -0.05) is 135 Å². The molecule has 0 spiro atoms. The molecule has 9 atom stereocenters. The largest absolute Gasteiger partial charge is 0.394 e. The van der Waals surface area contributed by atoms with Gasteiger partial charge in [0.25, 0.3) is 0 Å². The molecule has 1 aliphatic rings. The summed E-state index contributed by atoms with van der Waals surface area (Å²) in [6.45, 7) is 3.37. The summed E-state index contributed by atoms with van der Waals surface area (Å²) in [5, 5.41) is 75.2. The second-order valence-corrected chi connectivity index (χ2v) is 14.4. The fourth-order valence-electron chi connectivity index (χ4n) is 6.37. The standard InChI is InChI=1S/C39H75NO10/c1-3-5-7-9-11-13-15-17-19-21-23-25-27-32(43)38(48)40-30(29-49-39-37(47)36(46)35(45)33(28-41)50-39)34(44)31(42)26-24-22-20-18-16-14-12-10-8-6-4-2/h17,19,30-37,39,41-47H,3-16,18,20-29H2,1-2H3,(H,40,48)/b19-17-. The molecule has 1 saturated heterocycles. The van der Waals surface area contributed by atoms with Crippen molar-refractivity contribution in [1.29, 1.82) is 0 Å². The van der Waals surface area contributed by atoms with Crippen molar-refractivity contribution in [3.8, 4) is 0 Å². The highest BCUT2D eigenvalue weighted by Crippen LogP contribution is 2.23. The number of amides is 1. The van der Waals surface area contributed by atoms with Gasteiger partial charge in [0.05, 0.1) is 25.4 Å². The van der Waals surface area contributed by atoms with E-state index >= 15 is 0 Å². The summed E-state index contributed by atoms with van der Waals surface area (Å²) in [5.74, 6) is -0.716. The van der Waals surface area contributed by atoms with E-state index < -0.39 is 74.2 Å². The van der Waals surface area contributed by atoms with Crippen molar-refractivity contribution in [2.75, 3.05) is 13.2 Å². The van der Waals surface area contributed by atoms with Crippen LogP contribution in [-0.4, -0.2) is 110 Å². The van der Waals surface area contributed by atoms with Gasteiger partial charge in [-0.05, 0) is 38.5 Å². The number of carbonyl (C=O) groups excluding carboxylic acids is 1. The lowest BCUT2D eigenvalue weighted by Gasteiger charge is -2.40. The summed E-state index contributed by atoms with van der Waals surface area (Å²) in [5.41, 5.74) is 0. The number of rotatable bonds is 32. The maximum absolute atomic E-state index is 13.0. The third kappa shape index (κ3) is 20.8. The summed E-state index contributed by atoms with van der Waals surface area (Å²) in [6, 6.07) is -1.17. The Labute approximate surface area is 302 Å². The van der Waals surface area contributed by atoms with E-state index in [-0.39, 0.29) is 6.42 Å². The van der Waals surface area contributed by atoms with Crippen LogP contribution in [0.1, 0.15) is 162 Å². The molecule has 0 aromatic rings. The number of unbranched alkanes of at least 4 members (excludes halogenated alkanes) is 18. The zero-order valence-corrected chi connectivity index (χ0v) is 31.4. The molecule has 0 bridgehead atoms. The number of hydrogen-bond acceptors (Lipinski definition) is 10. The van der Waals surface area contributed by atoms with Crippen LogP contribution in [0.5, 0.6) is 0 Å². The van der Waals surface area contributed by atoms with E-state index in [4.69, 9.17) is 9.47 Å². The molecular formula is C39H75NO10. The first-order valence-electron chi connectivity index (χ1n) is 20.1. The molecule has 1 aliphatic heterocycles. The van der Waals surface area contributed by atoms with Gasteiger partial charge in [-0.25, -0.2) is 0 Å². The van der Waals surface area contributed by atoms with E-state index in [0.717, 1.165) is 38.5 Å². The third-order valence-electron chi connectivity index (χ3n) is 9.82. The second-order valence-electron chi connectivity index (χ2n) is 14.4. The van der Waals surface area contributed by atoms with Crippen molar-refractivity contribution in [1.82, 2.24) is 5.32 Å². The predicted molar refractivity (Wildman–Crippen MR) is 196 cm³/mol. The lowest BCUT2D eigenvalue weighted by Crippen LogP contribution is -2.60. The van der Waals surface area contributed by atoms with E-state index in [1.807, 2.05) is 0 Å². The molecule has 9 unspecified atom stereocenters. The molecule has 0 aliphatic carbocycles. The topological polar surface area (TPSA) is 189 Å². The van der Waals surface area contributed by atoms with Crippen LogP contribution in [0.25, 0.3) is 0 Å². The molecular weight excluding hydrogens is 642 g/mol. The Morgan fingerprint density at radius 1 is 0.680 bits per heavy atom. The zero-order chi connectivity index (χ0) is 37.0. The van der Waals surface area contributed by atoms with Gasteiger partial charge >= 0.3 is 0 Å². The van der Waals surface area contributed by atoms with Gasteiger partial charge in [-0.15, -0.1) is 0 Å². The van der Waals surface area contributed by atoms with Gasteiger partial charge in [-0.2, -0.15) is 0 Å². The highest BCUT2D eigenvalue weighted by atomic mass is 16.7. The third-order valence-corrected chi connectivity index (χ3v) is 9.82. The Balaban J connectivity index is 2.57. The Morgan fingerprint density at radius 3 is 1.70 bits per heavy atom. The SMILES string of the molecule is CCCCCCCC/C=C\CCCCC(O)C(=O)NC(COC1OC(CO)C(O)C(O)C1O)C(O)C(O)CCCCCCCCCCCCC. The average molecular weight is 718 g/mol. The molecule has 296 valence electrons. The molecule has 1 fully saturated rings. The van der Waals surface area contributed by atoms with Crippen molar-refractivity contribution in [3.05, 3.63) is 12.2 Å². The fraction of sp³-hybridized carbons (Fsp3) is 0.923. The van der Waals surface area contributed by atoms with E-state index in [9.17, 15) is 40.5 Å². The Morgan fingerprint density at radius 2 is 1.16 bits per heavy atom. The Kier molecular flexibility index (Phi) is 28.4. The average Bonchev–Trinajstić information content (AvgIpc) is 3.11. The first kappa shape index (κ1) is 46.9. The molecule has 1 heterocycles. The van der Waals surface area contributed by atoms with Gasteiger partial charge in [0.15, 0.2) is 6.29 Å². The molecule has 11 nitrogen and oxygen atoms in total. The quantitative estimate of drug-likeness (QED) is 0.0350. The number of hydrogen-bond donors (Lipinski definition) is 8. The maximum Gasteiger partial charge on any atom is 0.249 e. The van der Waals surface area contributed by atoms with Gasteiger partial charge in [0.2, 0.25) is 5.91 Å². The lowest BCUT2D eigenvalue weighted by molar-refractivity contribution is -0.303. The van der Waals surface area contributed by atoms with Crippen molar-refractivity contribution in [2.45, 2.75) is 217 Å². The minimum absolute atomic E-state index is 0.231. The van der Waals surface area contributed by atoms with Gasteiger partial charge in [-0.3, -0.25) is 4.79 Å². The van der Waals surface area contributed by atoms with Gasteiger partial charge in [0, 0.05) is 0 Å². The molecule has 0 saturated carbocycles. The number of nitrogens with one attached hydrogen (secondary N) is 1. The summed E-state index contributed by atoms with van der Waals surface area (Å²) >= 11 is 0. The summed E-state index contributed by atoms with van der Waals surface area (Å²) in [7, 11) is 0. The van der Waals surface area contributed by atoms with Gasteiger partial charge < -0.3 is 50.5 Å². The maximum atomic E-state index is 13.0. The molecule has 11 heteroatoms. The number of aliphatic hydroxyl groups is 7. The van der Waals surface area contributed by atoms with Crippen LogP contribution in [-0.2, 0) is 14.3 Å². The normalized spacial score (nSPS) is 23.6. The van der Waals surface area contributed by atoms with Crippen molar-refractivity contribution in [2.24, 2.45) is 0 Å². The van der Waals surface area contributed by atoms with Crippen molar-refractivity contribution in [3.63, 3.8) is 0 Å². The monoisotopic (exact) mass is 718 g/mol. The van der Waals surface area contributed by atoms with Gasteiger partial charge in [0.1, 0.15) is 36.6 Å². The number of aliphatic hydroxyl groups excluding tert-OH is 7. The van der Waals surface area contributed by atoms with Crippen LogP contribution in [0.2, 0.25) is 0 Å².